The number of nitrogens with zero attached hydrogens (tertiary/aromatic N) is 3. The van der Waals surface area contributed by atoms with E-state index in [9.17, 15) is 4.79 Å². The number of carbonyl (C=O) groups is 1. The molecule has 0 saturated carbocycles. The molecule has 0 bridgehead atoms. The number of aryl methyl sites for hydroxylation is 1. The van der Waals surface area contributed by atoms with E-state index in [1.54, 1.807) is 0 Å². The number of carbonyl (C=O) groups excluding carboxylic acids is 1. The number of fused-ring (bicyclic) bond motifs is 1. The van der Waals surface area contributed by atoms with E-state index in [1.807, 2.05) is 37.6 Å². The van der Waals surface area contributed by atoms with Gasteiger partial charge < -0.3 is 20.1 Å². The molecule has 0 fully saturated rings. The Balaban J connectivity index is 0.00000392. The number of guanidine groups is 1. The first-order valence-electron chi connectivity index (χ1n) is 9.84. The van der Waals surface area contributed by atoms with Gasteiger partial charge in [-0.15, -0.1) is 24.0 Å². The van der Waals surface area contributed by atoms with Crippen LogP contribution in [0.25, 0.3) is 10.9 Å². The number of hydrogen-bond donors (Lipinski definition) is 2. The minimum Gasteiger partial charge on any atom is -0.361 e. The molecule has 0 radical (unpaired) electrons. The normalized spacial score (nSPS) is 11.2. The fraction of sp³-hybridized carbons (Fsp3) is 0.524. The highest BCUT2D eigenvalue weighted by molar-refractivity contribution is 14.0. The predicted molar refractivity (Wildman–Crippen MR) is 129 cm³/mol. The minimum atomic E-state index is 0. The van der Waals surface area contributed by atoms with Gasteiger partial charge in [0.25, 0.3) is 0 Å². The molecule has 0 aliphatic heterocycles. The number of aliphatic imine (C=N–C) groups is 1. The predicted octanol–water partition coefficient (Wildman–Crippen LogP) is 3.40. The van der Waals surface area contributed by atoms with E-state index < -0.39 is 0 Å². The van der Waals surface area contributed by atoms with E-state index in [4.69, 9.17) is 4.99 Å². The number of likely N-dealkylation sites (N-methyl/N-ethyl adjacent to an activating group) is 2. The zero-order valence-electron chi connectivity index (χ0n) is 17.7. The minimum absolute atomic E-state index is 0. The van der Waals surface area contributed by atoms with Gasteiger partial charge in [0.1, 0.15) is 0 Å². The molecule has 2 N–H and O–H groups in total. The van der Waals surface area contributed by atoms with Gasteiger partial charge in [0.05, 0.1) is 6.54 Å². The molecule has 7 heteroatoms. The summed E-state index contributed by atoms with van der Waals surface area (Å²) in [6, 6.07) is 6.36. The van der Waals surface area contributed by atoms with Crippen LogP contribution < -0.4 is 5.32 Å². The lowest BCUT2D eigenvalue weighted by atomic mass is 10.1. The maximum atomic E-state index is 12.4. The van der Waals surface area contributed by atoms with Crippen molar-refractivity contribution in [3.63, 3.8) is 0 Å². The van der Waals surface area contributed by atoms with Crippen molar-refractivity contribution in [2.45, 2.75) is 34.1 Å². The molecule has 0 aliphatic rings. The monoisotopic (exact) mass is 499 g/mol. The largest absolute Gasteiger partial charge is 0.361 e. The summed E-state index contributed by atoms with van der Waals surface area (Å²) in [6.45, 7) is 11.4. The summed E-state index contributed by atoms with van der Waals surface area (Å²) in [5.74, 6) is 0.897. The number of H-pyrrole nitrogens is 1. The van der Waals surface area contributed by atoms with Gasteiger partial charge in [-0.25, -0.2) is 0 Å². The molecular weight excluding hydrogens is 465 g/mol. The maximum Gasteiger partial charge on any atom is 0.242 e. The standard InChI is InChI=1S/C21H33N5O.HI/c1-6-22-21(25(5)15-19(27)26(7-2)8-3)23-13-12-17-14-24-20-16(4)10-9-11-18(17)20;/h9-11,14,24H,6-8,12-13,15H2,1-5H3,(H,22,23);1H. The van der Waals surface area contributed by atoms with Crippen molar-refractivity contribution in [1.82, 2.24) is 20.1 Å². The molecule has 1 aromatic heterocycles. The van der Waals surface area contributed by atoms with Crippen LogP contribution in [0.2, 0.25) is 0 Å². The highest BCUT2D eigenvalue weighted by atomic mass is 127. The molecule has 0 aliphatic carbocycles. The Morgan fingerprint density at radius 1 is 1.21 bits per heavy atom. The molecule has 0 atom stereocenters. The number of hydrogen-bond acceptors (Lipinski definition) is 2. The smallest absolute Gasteiger partial charge is 0.242 e. The van der Waals surface area contributed by atoms with Gasteiger partial charge in [0.15, 0.2) is 5.96 Å². The number of aromatic amines is 1. The highest BCUT2D eigenvalue weighted by Crippen LogP contribution is 2.21. The molecule has 28 heavy (non-hydrogen) atoms. The van der Waals surface area contributed by atoms with Crippen molar-refractivity contribution >= 4 is 46.7 Å². The zero-order chi connectivity index (χ0) is 19.8. The van der Waals surface area contributed by atoms with E-state index in [1.165, 1.54) is 22.0 Å². The Labute approximate surface area is 185 Å². The SMILES string of the molecule is CCNC(=NCCc1c[nH]c2c(C)cccc12)N(C)CC(=O)N(CC)CC.I. The lowest BCUT2D eigenvalue weighted by Gasteiger charge is -2.25. The average molecular weight is 499 g/mol. The average Bonchev–Trinajstić information content (AvgIpc) is 3.06. The fourth-order valence-corrected chi connectivity index (χ4v) is 3.28. The van der Waals surface area contributed by atoms with Crippen LogP contribution in [0.5, 0.6) is 0 Å². The molecule has 1 aromatic carbocycles. The molecular formula is C21H34IN5O. The number of rotatable bonds is 8. The van der Waals surface area contributed by atoms with Crippen LogP contribution >= 0.6 is 24.0 Å². The number of para-hydroxylation sites is 1. The molecule has 6 nitrogen and oxygen atoms in total. The van der Waals surface area contributed by atoms with Crippen molar-refractivity contribution in [2.24, 2.45) is 4.99 Å². The Morgan fingerprint density at radius 2 is 1.93 bits per heavy atom. The van der Waals surface area contributed by atoms with Crippen molar-refractivity contribution in [3.8, 4) is 0 Å². The quantitative estimate of drug-likeness (QED) is 0.333. The van der Waals surface area contributed by atoms with Crippen LogP contribution in [-0.4, -0.2) is 66.4 Å². The lowest BCUT2D eigenvalue weighted by molar-refractivity contribution is -0.131. The molecule has 156 valence electrons. The molecule has 0 unspecified atom stereocenters. The van der Waals surface area contributed by atoms with E-state index in [2.05, 4.69) is 41.6 Å². The van der Waals surface area contributed by atoms with Gasteiger partial charge in [-0.05, 0) is 45.2 Å². The first-order valence-corrected chi connectivity index (χ1v) is 9.84. The van der Waals surface area contributed by atoms with Crippen LogP contribution in [0, 0.1) is 6.92 Å². The Bertz CT molecular complexity index is 782. The topological polar surface area (TPSA) is 63.7 Å². The molecule has 2 rings (SSSR count). The highest BCUT2D eigenvalue weighted by Gasteiger charge is 2.15. The Morgan fingerprint density at radius 3 is 2.57 bits per heavy atom. The van der Waals surface area contributed by atoms with E-state index in [0.29, 0.717) is 13.1 Å². The number of benzene rings is 1. The summed E-state index contributed by atoms with van der Waals surface area (Å²) in [6.07, 6.45) is 2.93. The summed E-state index contributed by atoms with van der Waals surface area (Å²) in [7, 11) is 1.91. The molecule has 0 spiro atoms. The zero-order valence-corrected chi connectivity index (χ0v) is 20.0. The van der Waals surface area contributed by atoms with Crippen molar-refractivity contribution in [2.75, 3.05) is 39.8 Å². The summed E-state index contributed by atoms with van der Waals surface area (Å²) in [5, 5.41) is 4.55. The second-order valence-corrected chi connectivity index (χ2v) is 6.72. The van der Waals surface area contributed by atoms with Gasteiger partial charge in [-0.2, -0.15) is 0 Å². The molecule has 0 saturated heterocycles. The van der Waals surface area contributed by atoms with E-state index >= 15 is 0 Å². The van der Waals surface area contributed by atoms with Gasteiger partial charge in [-0.1, -0.05) is 18.2 Å². The van der Waals surface area contributed by atoms with Gasteiger partial charge >= 0.3 is 0 Å². The van der Waals surface area contributed by atoms with E-state index in [-0.39, 0.29) is 29.9 Å². The maximum absolute atomic E-state index is 12.4. The number of nitrogens with one attached hydrogen (secondary N) is 2. The number of halogens is 1. The summed E-state index contributed by atoms with van der Waals surface area (Å²) < 4.78 is 0. The van der Waals surface area contributed by atoms with Crippen molar-refractivity contribution in [3.05, 3.63) is 35.5 Å². The number of amides is 1. The summed E-state index contributed by atoms with van der Waals surface area (Å²) in [5.41, 5.74) is 3.73. The van der Waals surface area contributed by atoms with Crippen molar-refractivity contribution in [1.29, 1.82) is 0 Å². The fourth-order valence-electron chi connectivity index (χ4n) is 3.28. The second kappa shape index (κ2) is 11.9. The first-order chi connectivity index (χ1) is 13.0. The Kier molecular flexibility index (Phi) is 10.3. The van der Waals surface area contributed by atoms with Gasteiger partial charge in [-0.3, -0.25) is 9.79 Å². The van der Waals surface area contributed by atoms with Gasteiger partial charge in [0.2, 0.25) is 5.91 Å². The first kappa shape index (κ1) is 24.3. The summed E-state index contributed by atoms with van der Waals surface area (Å²) >= 11 is 0. The van der Waals surface area contributed by atoms with Crippen molar-refractivity contribution < 1.29 is 4.79 Å². The van der Waals surface area contributed by atoms with Crippen LogP contribution in [-0.2, 0) is 11.2 Å². The van der Waals surface area contributed by atoms with Crippen LogP contribution in [0.1, 0.15) is 31.9 Å². The second-order valence-electron chi connectivity index (χ2n) is 6.72. The third-order valence-corrected chi connectivity index (χ3v) is 4.84. The third kappa shape index (κ3) is 6.12. The van der Waals surface area contributed by atoms with Gasteiger partial charge in [0, 0.05) is 50.3 Å². The van der Waals surface area contributed by atoms with Crippen LogP contribution in [0.4, 0.5) is 0 Å². The van der Waals surface area contributed by atoms with Crippen LogP contribution in [0.3, 0.4) is 0 Å². The molecule has 1 amide bonds. The summed E-state index contributed by atoms with van der Waals surface area (Å²) in [4.78, 5) is 24.2. The molecule has 2 aromatic rings. The lowest BCUT2D eigenvalue weighted by Crippen LogP contribution is -2.45. The van der Waals surface area contributed by atoms with Crippen LogP contribution in [0.15, 0.2) is 29.4 Å². The molecule has 1 heterocycles. The Hall–Kier alpha value is -1.77. The number of aromatic nitrogens is 1. The van der Waals surface area contributed by atoms with E-state index in [0.717, 1.165) is 32.0 Å². The third-order valence-electron chi connectivity index (χ3n) is 4.84.